The van der Waals surface area contributed by atoms with E-state index in [9.17, 15) is 4.79 Å². The number of rotatable bonds is 7. The minimum atomic E-state index is -0.235. The molecule has 1 unspecified atom stereocenters. The minimum absolute atomic E-state index is 0.104. The Morgan fingerprint density at radius 1 is 1.05 bits per heavy atom. The quantitative estimate of drug-likeness (QED) is 0.605. The van der Waals surface area contributed by atoms with Gasteiger partial charge in [-0.3, -0.25) is 10.1 Å². The van der Waals surface area contributed by atoms with Crippen LogP contribution in [0.3, 0.4) is 0 Å². The van der Waals surface area contributed by atoms with Crippen LogP contribution in [-0.2, 0) is 6.42 Å². The zero-order valence-electron chi connectivity index (χ0n) is 12.0. The fraction of sp³-hybridized carbons (Fsp3) is 0.167. The lowest BCUT2D eigenvalue weighted by atomic mass is 10.1. The zero-order chi connectivity index (χ0) is 14.9. The van der Waals surface area contributed by atoms with Crippen LogP contribution in [0.2, 0.25) is 0 Å². The molecule has 0 heterocycles. The molecule has 2 rings (SSSR count). The van der Waals surface area contributed by atoms with Crippen molar-refractivity contribution in [3.63, 3.8) is 0 Å². The van der Waals surface area contributed by atoms with Gasteiger partial charge in [0.1, 0.15) is 0 Å². The van der Waals surface area contributed by atoms with Crippen LogP contribution in [0.5, 0.6) is 0 Å². The first kappa shape index (κ1) is 15.0. The molecule has 1 atom stereocenters. The monoisotopic (exact) mass is 280 g/mol. The summed E-state index contributed by atoms with van der Waals surface area (Å²) in [6.45, 7) is 4.53. The highest BCUT2D eigenvalue weighted by Gasteiger charge is 2.09. The SMILES string of the molecule is C=CC(NCCc1ccccc1)NC(=O)c1ccccc1. The lowest BCUT2D eigenvalue weighted by Crippen LogP contribution is -2.44. The maximum atomic E-state index is 12.0. The molecule has 2 aromatic rings. The van der Waals surface area contributed by atoms with Crippen molar-refractivity contribution in [1.82, 2.24) is 10.6 Å². The molecule has 108 valence electrons. The lowest BCUT2D eigenvalue weighted by Gasteiger charge is -2.16. The van der Waals surface area contributed by atoms with E-state index in [-0.39, 0.29) is 12.1 Å². The first-order chi connectivity index (χ1) is 10.3. The zero-order valence-corrected chi connectivity index (χ0v) is 12.0. The van der Waals surface area contributed by atoms with Crippen LogP contribution < -0.4 is 10.6 Å². The molecule has 3 heteroatoms. The van der Waals surface area contributed by atoms with Gasteiger partial charge in [0, 0.05) is 12.1 Å². The van der Waals surface area contributed by atoms with E-state index < -0.39 is 0 Å². The van der Waals surface area contributed by atoms with Crippen molar-refractivity contribution in [3.05, 3.63) is 84.4 Å². The Morgan fingerprint density at radius 2 is 1.67 bits per heavy atom. The standard InChI is InChI=1S/C18H20N2O/c1-2-17(19-14-13-15-9-5-3-6-10-15)20-18(21)16-11-7-4-8-12-16/h2-12,17,19H,1,13-14H2,(H,20,21). The first-order valence-corrected chi connectivity index (χ1v) is 7.05. The highest BCUT2D eigenvalue weighted by Crippen LogP contribution is 2.00. The van der Waals surface area contributed by atoms with E-state index in [1.54, 1.807) is 18.2 Å². The number of hydrogen-bond donors (Lipinski definition) is 2. The smallest absolute Gasteiger partial charge is 0.252 e. The van der Waals surface area contributed by atoms with Crippen molar-refractivity contribution in [3.8, 4) is 0 Å². The van der Waals surface area contributed by atoms with E-state index in [0.717, 1.165) is 13.0 Å². The second-order valence-corrected chi connectivity index (χ2v) is 4.74. The summed E-state index contributed by atoms with van der Waals surface area (Å²) in [5.74, 6) is -0.104. The number of carbonyl (C=O) groups excluding carboxylic acids is 1. The maximum absolute atomic E-state index is 12.0. The van der Waals surface area contributed by atoms with Gasteiger partial charge in [-0.2, -0.15) is 0 Å². The third kappa shape index (κ3) is 4.89. The van der Waals surface area contributed by atoms with Gasteiger partial charge in [-0.05, 0) is 24.1 Å². The highest BCUT2D eigenvalue weighted by molar-refractivity contribution is 5.94. The minimum Gasteiger partial charge on any atom is -0.333 e. The van der Waals surface area contributed by atoms with Crippen LogP contribution in [0.15, 0.2) is 73.3 Å². The molecule has 3 nitrogen and oxygen atoms in total. The van der Waals surface area contributed by atoms with Gasteiger partial charge in [0.15, 0.2) is 0 Å². The van der Waals surface area contributed by atoms with Crippen LogP contribution in [-0.4, -0.2) is 18.6 Å². The van der Waals surface area contributed by atoms with E-state index >= 15 is 0 Å². The van der Waals surface area contributed by atoms with Crippen molar-refractivity contribution in [1.29, 1.82) is 0 Å². The Labute approximate surface area is 125 Å². The van der Waals surface area contributed by atoms with Gasteiger partial charge in [0.2, 0.25) is 0 Å². The van der Waals surface area contributed by atoms with E-state index in [2.05, 4.69) is 29.3 Å². The molecule has 1 amide bonds. The van der Waals surface area contributed by atoms with Gasteiger partial charge in [-0.15, -0.1) is 0 Å². The maximum Gasteiger partial charge on any atom is 0.252 e. The Morgan fingerprint density at radius 3 is 2.29 bits per heavy atom. The summed E-state index contributed by atoms with van der Waals surface area (Å²) in [5, 5.41) is 6.17. The summed E-state index contributed by atoms with van der Waals surface area (Å²) in [5.41, 5.74) is 1.91. The Kier molecular flexibility index (Phi) is 5.73. The average molecular weight is 280 g/mol. The molecule has 0 radical (unpaired) electrons. The highest BCUT2D eigenvalue weighted by atomic mass is 16.1. The lowest BCUT2D eigenvalue weighted by molar-refractivity contribution is 0.0939. The third-order valence-corrected chi connectivity index (χ3v) is 3.18. The fourth-order valence-corrected chi connectivity index (χ4v) is 2.02. The molecule has 0 aliphatic carbocycles. The Bertz CT molecular complexity index is 566. The van der Waals surface area contributed by atoms with E-state index in [4.69, 9.17) is 0 Å². The summed E-state index contributed by atoms with van der Waals surface area (Å²) >= 11 is 0. The van der Waals surface area contributed by atoms with Crippen molar-refractivity contribution < 1.29 is 4.79 Å². The van der Waals surface area contributed by atoms with Crippen molar-refractivity contribution >= 4 is 5.91 Å². The van der Waals surface area contributed by atoms with Crippen LogP contribution in [0.4, 0.5) is 0 Å². The normalized spacial score (nSPS) is 11.6. The van der Waals surface area contributed by atoms with E-state index in [1.807, 2.05) is 36.4 Å². The Hall–Kier alpha value is -2.39. The van der Waals surface area contributed by atoms with Gasteiger partial charge in [0.05, 0.1) is 6.17 Å². The summed E-state index contributed by atoms with van der Waals surface area (Å²) < 4.78 is 0. The van der Waals surface area contributed by atoms with Gasteiger partial charge in [-0.25, -0.2) is 0 Å². The largest absolute Gasteiger partial charge is 0.333 e. The van der Waals surface area contributed by atoms with Gasteiger partial charge >= 0.3 is 0 Å². The second kappa shape index (κ2) is 8.02. The van der Waals surface area contributed by atoms with Crippen molar-refractivity contribution in [2.75, 3.05) is 6.54 Å². The average Bonchev–Trinajstić information content (AvgIpc) is 2.55. The van der Waals surface area contributed by atoms with Crippen LogP contribution >= 0.6 is 0 Å². The number of carbonyl (C=O) groups is 1. The van der Waals surface area contributed by atoms with Gasteiger partial charge in [-0.1, -0.05) is 61.2 Å². The van der Waals surface area contributed by atoms with Gasteiger partial charge in [0.25, 0.3) is 5.91 Å². The molecule has 0 aliphatic heterocycles. The predicted octanol–water partition coefficient (Wildman–Crippen LogP) is 2.76. The molecule has 0 bridgehead atoms. The summed E-state index contributed by atoms with van der Waals surface area (Å²) in [7, 11) is 0. The van der Waals surface area contributed by atoms with Crippen LogP contribution in [0.25, 0.3) is 0 Å². The van der Waals surface area contributed by atoms with Crippen LogP contribution in [0, 0.1) is 0 Å². The predicted molar refractivity (Wildman–Crippen MR) is 86.0 cm³/mol. The van der Waals surface area contributed by atoms with Crippen LogP contribution in [0.1, 0.15) is 15.9 Å². The molecule has 0 fully saturated rings. The molecule has 2 aromatic carbocycles. The summed E-state index contributed by atoms with van der Waals surface area (Å²) in [6, 6.07) is 19.4. The Balaban J connectivity index is 1.81. The number of nitrogens with one attached hydrogen (secondary N) is 2. The molecule has 0 saturated carbocycles. The van der Waals surface area contributed by atoms with Crippen molar-refractivity contribution in [2.24, 2.45) is 0 Å². The van der Waals surface area contributed by atoms with E-state index in [0.29, 0.717) is 5.56 Å². The molecular formula is C18H20N2O. The number of benzene rings is 2. The fourth-order valence-electron chi connectivity index (χ4n) is 2.02. The molecule has 0 aromatic heterocycles. The molecule has 0 spiro atoms. The van der Waals surface area contributed by atoms with Gasteiger partial charge < -0.3 is 5.32 Å². The number of amides is 1. The first-order valence-electron chi connectivity index (χ1n) is 7.05. The summed E-state index contributed by atoms with van der Waals surface area (Å²) in [6.07, 6.45) is 2.37. The van der Waals surface area contributed by atoms with E-state index in [1.165, 1.54) is 5.56 Å². The molecule has 2 N–H and O–H groups in total. The number of hydrogen-bond acceptors (Lipinski definition) is 2. The molecule has 0 aliphatic rings. The molecule has 0 saturated heterocycles. The second-order valence-electron chi connectivity index (χ2n) is 4.74. The van der Waals surface area contributed by atoms with Crippen molar-refractivity contribution in [2.45, 2.75) is 12.6 Å². The summed E-state index contributed by atoms with van der Waals surface area (Å²) in [4.78, 5) is 12.0. The molecular weight excluding hydrogens is 260 g/mol. The third-order valence-electron chi connectivity index (χ3n) is 3.18. The topological polar surface area (TPSA) is 41.1 Å². The molecule has 21 heavy (non-hydrogen) atoms.